The second-order valence-corrected chi connectivity index (χ2v) is 9.79. The van der Waals surface area contributed by atoms with Gasteiger partial charge in [-0.05, 0) is 40.5 Å². The molecule has 2 N–H and O–H groups in total. The number of hydrogen-bond acceptors (Lipinski definition) is 8. The van der Waals surface area contributed by atoms with Crippen LogP contribution in [0.5, 0.6) is 0 Å². The van der Waals surface area contributed by atoms with Crippen molar-refractivity contribution in [1.82, 2.24) is 0 Å². The third-order valence-electron chi connectivity index (χ3n) is 6.53. The van der Waals surface area contributed by atoms with Gasteiger partial charge < -0.3 is 38.6 Å². The Kier molecular flexibility index (Phi) is 7.22. The maximum absolute atomic E-state index is 9.80. The molecule has 0 aliphatic carbocycles. The molecule has 10 atom stereocenters. The molecule has 0 aromatic heterocycles. The summed E-state index contributed by atoms with van der Waals surface area (Å²) in [5.41, 5.74) is 0. The van der Waals surface area contributed by atoms with E-state index >= 15 is 0 Å². The van der Waals surface area contributed by atoms with Crippen LogP contribution in [0.25, 0.3) is 0 Å². The van der Waals surface area contributed by atoms with Crippen LogP contribution in [-0.4, -0.2) is 71.0 Å². The van der Waals surface area contributed by atoms with Crippen molar-refractivity contribution < 1.29 is 38.6 Å². The van der Waals surface area contributed by atoms with Crippen molar-refractivity contribution in [1.29, 1.82) is 0 Å². The first-order valence-electron chi connectivity index (χ1n) is 11.3. The van der Waals surface area contributed by atoms with Crippen LogP contribution in [0.3, 0.4) is 0 Å². The van der Waals surface area contributed by atoms with Crippen LogP contribution in [-0.2, 0) is 28.4 Å². The highest BCUT2D eigenvalue weighted by Gasteiger charge is 2.53. The predicted molar refractivity (Wildman–Crippen MR) is 108 cm³/mol. The Hall–Kier alpha value is -0.320. The SMILES string of the molecule is CC[C@@H]1OC(O)[C@@H]2OC(C)(C)O[C@@H]2[C@H]1C.CC[C@@H]1OC(O)[C@@H]2OC(C)(C)O[C@@H]2[C@H]1C. The van der Waals surface area contributed by atoms with Crippen LogP contribution < -0.4 is 0 Å². The van der Waals surface area contributed by atoms with E-state index in [0.717, 1.165) is 12.8 Å². The number of aliphatic hydroxyl groups excluding tert-OH is 2. The molecule has 8 nitrogen and oxygen atoms in total. The average molecular weight is 433 g/mol. The molecule has 0 bridgehead atoms. The zero-order chi connectivity index (χ0) is 22.4. The van der Waals surface area contributed by atoms with E-state index < -0.39 is 24.2 Å². The zero-order valence-electron chi connectivity index (χ0n) is 19.5. The smallest absolute Gasteiger partial charge is 0.184 e. The van der Waals surface area contributed by atoms with Crippen molar-refractivity contribution in [2.75, 3.05) is 0 Å². The molecule has 0 aromatic rings. The van der Waals surface area contributed by atoms with Crippen LogP contribution in [0.1, 0.15) is 68.2 Å². The fourth-order valence-electron chi connectivity index (χ4n) is 5.01. The van der Waals surface area contributed by atoms with Crippen LogP contribution in [0.15, 0.2) is 0 Å². The standard InChI is InChI=1S/2C11H20O4/c2*1-5-7-6(2)8-9(10(12)13-7)15-11(3,4)14-8/h2*6-10,12H,5H2,1-4H3/t2*6-,7-,8+,9+,10?/m00/s1. The molecule has 0 amide bonds. The Labute approximate surface area is 180 Å². The Bertz CT molecular complexity index is 531. The predicted octanol–water partition coefficient (Wildman–Crippen LogP) is 2.54. The first-order chi connectivity index (χ1) is 13.9. The molecule has 0 spiro atoms. The molecular weight excluding hydrogens is 392 g/mol. The summed E-state index contributed by atoms with van der Waals surface area (Å²) in [6.45, 7) is 15.7. The minimum Gasteiger partial charge on any atom is -0.366 e. The Morgan fingerprint density at radius 2 is 0.900 bits per heavy atom. The van der Waals surface area contributed by atoms with Crippen molar-refractivity contribution in [3.63, 3.8) is 0 Å². The summed E-state index contributed by atoms with van der Waals surface area (Å²) in [6, 6.07) is 0. The fourth-order valence-corrected chi connectivity index (χ4v) is 5.01. The van der Waals surface area contributed by atoms with E-state index in [1.807, 2.05) is 27.7 Å². The molecule has 4 saturated heterocycles. The molecule has 0 aromatic carbocycles. The van der Waals surface area contributed by atoms with Gasteiger partial charge in [0.2, 0.25) is 0 Å². The second-order valence-electron chi connectivity index (χ2n) is 9.79. The van der Waals surface area contributed by atoms with Crippen molar-refractivity contribution in [2.24, 2.45) is 11.8 Å². The number of ether oxygens (including phenoxy) is 6. The van der Waals surface area contributed by atoms with Gasteiger partial charge in [0.25, 0.3) is 0 Å². The summed E-state index contributed by atoms with van der Waals surface area (Å²) in [5, 5.41) is 19.6. The van der Waals surface area contributed by atoms with Crippen molar-refractivity contribution in [3.8, 4) is 0 Å². The minimum atomic E-state index is -0.863. The summed E-state index contributed by atoms with van der Waals surface area (Å²) in [5.74, 6) is -0.719. The van der Waals surface area contributed by atoms with E-state index in [-0.39, 0.29) is 48.5 Å². The van der Waals surface area contributed by atoms with Crippen LogP contribution in [0.4, 0.5) is 0 Å². The lowest BCUT2D eigenvalue weighted by atomic mass is 9.89. The summed E-state index contributed by atoms with van der Waals surface area (Å²) >= 11 is 0. The van der Waals surface area contributed by atoms with E-state index in [1.165, 1.54) is 0 Å². The summed E-state index contributed by atoms with van der Waals surface area (Å²) in [7, 11) is 0. The highest BCUT2D eigenvalue weighted by atomic mass is 16.8. The van der Waals surface area contributed by atoms with Gasteiger partial charge >= 0.3 is 0 Å². The van der Waals surface area contributed by atoms with Crippen LogP contribution in [0.2, 0.25) is 0 Å². The van der Waals surface area contributed by atoms with Gasteiger partial charge in [0.15, 0.2) is 24.2 Å². The first-order valence-corrected chi connectivity index (χ1v) is 11.3. The van der Waals surface area contributed by atoms with E-state index in [4.69, 9.17) is 28.4 Å². The van der Waals surface area contributed by atoms with Gasteiger partial charge in [-0.25, -0.2) is 0 Å². The largest absolute Gasteiger partial charge is 0.366 e. The molecule has 4 aliphatic heterocycles. The second kappa shape index (κ2) is 8.90. The Morgan fingerprint density at radius 3 is 1.20 bits per heavy atom. The monoisotopic (exact) mass is 432 g/mol. The van der Waals surface area contributed by atoms with Gasteiger partial charge in [-0.1, -0.05) is 27.7 Å². The third-order valence-corrected chi connectivity index (χ3v) is 6.53. The number of rotatable bonds is 2. The van der Waals surface area contributed by atoms with E-state index in [1.54, 1.807) is 0 Å². The highest BCUT2D eigenvalue weighted by Crippen LogP contribution is 2.41. The fraction of sp³-hybridized carbons (Fsp3) is 1.00. The van der Waals surface area contributed by atoms with Crippen molar-refractivity contribution in [2.45, 2.75) is 129 Å². The zero-order valence-corrected chi connectivity index (χ0v) is 19.5. The Balaban J connectivity index is 0.000000171. The maximum atomic E-state index is 9.80. The van der Waals surface area contributed by atoms with Gasteiger partial charge in [0.1, 0.15) is 12.2 Å². The van der Waals surface area contributed by atoms with Crippen LogP contribution in [0, 0.1) is 11.8 Å². The molecule has 2 unspecified atom stereocenters. The molecule has 4 aliphatic rings. The van der Waals surface area contributed by atoms with Gasteiger partial charge in [-0.2, -0.15) is 0 Å². The van der Waals surface area contributed by atoms with Gasteiger partial charge in [-0.15, -0.1) is 0 Å². The lowest BCUT2D eigenvalue weighted by molar-refractivity contribution is -0.243. The average Bonchev–Trinajstić information content (AvgIpc) is 3.18. The van der Waals surface area contributed by atoms with Gasteiger partial charge in [0.05, 0.1) is 24.4 Å². The Morgan fingerprint density at radius 1 is 0.600 bits per heavy atom. The number of aliphatic hydroxyl groups is 2. The summed E-state index contributed by atoms with van der Waals surface area (Å²) in [6.07, 6.45) is -0.678. The molecule has 4 rings (SSSR count). The van der Waals surface area contributed by atoms with Gasteiger partial charge in [-0.3, -0.25) is 0 Å². The van der Waals surface area contributed by atoms with Gasteiger partial charge in [0, 0.05) is 11.8 Å². The summed E-state index contributed by atoms with van der Waals surface area (Å²) in [4.78, 5) is 0. The topological polar surface area (TPSA) is 95.8 Å². The molecule has 4 heterocycles. The van der Waals surface area contributed by atoms with Crippen LogP contribution >= 0.6 is 0 Å². The van der Waals surface area contributed by atoms with Crippen molar-refractivity contribution >= 4 is 0 Å². The first kappa shape index (κ1) is 24.3. The molecule has 176 valence electrons. The molecule has 8 heteroatoms. The quantitative estimate of drug-likeness (QED) is 0.687. The summed E-state index contributed by atoms with van der Waals surface area (Å²) < 4.78 is 33.9. The van der Waals surface area contributed by atoms with E-state index in [0.29, 0.717) is 0 Å². The molecular formula is C22H40O8. The molecule has 30 heavy (non-hydrogen) atoms. The van der Waals surface area contributed by atoms with E-state index in [9.17, 15) is 10.2 Å². The third kappa shape index (κ3) is 4.86. The lowest BCUT2D eigenvalue weighted by Crippen LogP contribution is -2.51. The molecule has 0 saturated carbocycles. The van der Waals surface area contributed by atoms with E-state index in [2.05, 4.69) is 27.7 Å². The highest BCUT2D eigenvalue weighted by molar-refractivity contribution is 4.94. The number of fused-ring (bicyclic) bond motifs is 2. The minimum absolute atomic E-state index is 0.0544. The normalized spacial score (nSPS) is 49.0. The molecule has 4 fully saturated rings. The van der Waals surface area contributed by atoms with Crippen molar-refractivity contribution in [3.05, 3.63) is 0 Å². The molecule has 0 radical (unpaired) electrons. The number of hydrogen-bond donors (Lipinski definition) is 2. The lowest BCUT2D eigenvalue weighted by Gasteiger charge is -2.38. The maximum Gasteiger partial charge on any atom is 0.184 e.